The molecule has 2 N–H and O–H groups in total. The van der Waals surface area contributed by atoms with Crippen LogP contribution in [-0.2, 0) is 17.5 Å². The fraction of sp³-hybridized carbons (Fsp3) is 0.200. The number of halogens is 3. The molecule has 34 heavy (non-hydrogen) atoms. The van der Waals surface area contributed by atoms with Gasteiger partial charge in [0.1, 0.15) is 12.3 Å². The maximum Gasteiger partial charge on any atom is 0.417 e. The molecule has 2 aromatic heterocycles. The Kier molecular flexibility index (Phi) is 6.45. The molecule has 0 bridgehead atoms. The lowest BCUT2D eigenvalue weighted by Crippen LogP contribution is -2.35. The third-order valence-corrected chi connectivity index (χ3v) is 5.64. The van der Waals surface area contributed by atoms with Crippen molar-refractivity contribution in [1.82, 2.24) is 14.9 Å². The van der Waals surface area contributed by atoms with Crippen molar-refractivity contribution in [2.24, 2.45) is 0 Å². The molecule has 4 aromatic rings. The van der Waals surface area contributed by atoms with Crippen LogP contribution in [0.4, 0.5) is 13.2 Å². The van der Waals surface area contributed by atoms with Crippen molar-refractivity contribution in [2.75, 3.05) is 13.7 Å². The Morgan fingerprint density at radius 3 is 2.53 bits per heavy atom. The summed E-state index contributed by atoms with van der Waals surface area (Å²) < 4.78 is 45.0. The molecule has 1 amide bonds. The number of H-pyrrole nitrogens is 1. The van der Waals surface area contributed by atoms with Crippen LogP contribution in [0, 0.1) is 0 Å². The Morgan fingerprint density at radius 2 is 1.82 bits per heavy atom. The van der Waals surface area contributed by atoms with Crippen molar-refractivity contribution in [3.8, 4) is 5.75 Å². The minimum atomic E-state index is -4.61. The highest BCUT2D eigenvalue weighted by atomic mass is 19.4. The van der Waals surface area contributed by atoms with E-state index in [4.69, 9.17) is 4.74 Å². The van der Waals surface area contributed by atoms with E-state index in [1.54, 1.807) is 7.11 Å². The first-order valence-electron chi connectivity index (χ1n) is 10.5. The lowest BCUT2D eigenvalue weighted by molar-refractivity contribution is -0.138. The highest BCUT2D eigenvalue weighted by Gasteiger charge is 2.31. The van der Waals surface area contributed by atoms with Gasteiger partial charge in [-0.25, -0.2) is 0 Å². The summed E-state index contributed by atoms with van der Waals surface area (Å²) in [6.45, 7) is -0.341. The van der Waals surface area contributed by atoms with E-state index >= 15 is 0 Å². The summed E-state index contributed by atoms with van der Waals surface area (Å²) in [6, 6.07) is 16.7. The van der Waals surface area contributed by atoms with Gasteiger partial charge in [-0.05, 0) is 35.4 Å². The summed E-state index contributed by atoms with van der Waals surface area (Å²) in [5.41, 5.74) is 1.14. The highest BCUT2D eigenvalue weighted by molar-refractivity contribution is 5.84. The number of carbonyl (C=O) groups excluding carboxylic acids is 1. The number of fused-ring (bicyclic) bond motifs is 1. The van der Waals surface area contributed by atoms with Crippen molar-refractivity contribution in [1.29, 1.82) is 0 Å². The second-order valence-electron chi connectivity index (χ2n) is 7.80. The fourth-order valence-corrected chi connectivity index (χ4v) is 3.87. The average molecular weight is 469 g/mol. The minimum absolute atomic E-state index is 0.181. The van der Waals surface area contributed by atoms with Crippen molar-refractivity contribution < 1.29 is 22.7 Å². The first-order chi connectivity index (χ1) is 16.3. The monoisotopic (exact) mass is 469 g/mol. The number of rotatable bonds is 7. The maximum atomic E-state index is 13.0. The van der Waals surface area contributed by atoms with E-state index in [9.17, 15) is 22.8 Å². The van der Waals surface area contributed by atoms with Gasteiger partial charge in [0.25, 0.3) is 5.56 Å². The van der Waals surface area contributed by atoms with Crippen LogP contribution in [-0.4, -0.2) is 29.1 Å². The summed E-state index contributed by atoms with van der Waals surface area (Å²) in [5.74, 6) is -0.126. The van der Waals surface area contributed by atoms with Crippen LogP contribution < -0.4 is 15.6 Å². The van der Waals surface area contributed by atoms with Gasteiger partial charge in [0.2, 0.25) is 5.91 Å². The predicted molar refractivity (Wildman–Crippen MR) is 122 cm³/mol. The number of ether oxygens (including phenoxy) is 1. The molecule has 2 heterocycles. The van der Waals surface area contributed by atoms with Crippen molar-refractivity contribution >= 4 is 16.8 Å². The lowest BCUT2D eigenvalue weighted by atomic mass is 9.91. The molecule has 0 spiro atoms. The Hall–Kier alpha value is -4.01. The van der Waals surface area contributed by atoms with Gasteiger partial charge in [-0.15, -0.1) is 0 Å². The zero-order chi connectivity index (χ0) is 24.3. The molecule has 1 atom stereocenters. The second kappa shape index (κ2) is 9.46. The first-order valence-corrected chi connectivity index (χ1v) is 10.5. The Balaban J connectivity index is 1.58. The molecule has 0 saturated heterocycles. The Bertz CT molecular complexity index is 1360. The number of pyridine rings is 1. The van der Waals surface area contributed by atoms with E-state index in [0.717, 1.165) is 32.7 Å². The predicted octanol–water partition coefficient (Wildman–Crippen LogP) is 4.31. The lowest BCUT2D eigenvalue weighted by Gasteiger charge is -2.19. The van der Waals surface area contributed by atoms with Gasteiger partial charge >= 0.3 is 6.18 Å². The molecule has 2 aromatic carbocycles. The molecule has 0 unspecified atom stereocenters. The van der Waals surface area contributed by atoms with E-state index in [1.165, 1.54) is 0 Å². The van der Waals surface area contributed by atoms with Crippen LogP contribution in [0.1, 0.15) is 22.6 Å². The highest BCUT2D eigenvalue weighted by Crippen LogP contribution is 2.31. The third kappa shape index (κ3) is 4.98. The first kappa shape index (κ1) is 23.2. The Labute approximate surface area is 193 Å². The summed E-state index contributed by atoms with van der Waals surface area (Å²) in [6.07, 6.45) is -2.08. The number of amides is 1. The zero-order valence-corrected chi connectivity index (χ0v) is 18.2. The van der Waals surface area contributed by atoms with Gasteiger partial charge in [-0.1, -0.05) is 30.3 Å². The maximum absolute atomic E-state index is 13.0. The van der Waals surface area contributed by atoms with Crippen LogP contribution in [0.3, 0.4) is 0 Å². The van der Waals surface area contributed by atoms with Crippen LogP contribution in [0.15, 0.2) is 77.9 Å². The van der Waals surface area contributed by atoms with Gasteiger partial charge in [0, 0.05) is 41.8 Å². The number of para-hydroxylation sites is 1. The van der Waals surface area contributed by atoms with E-state index in [2.05, 4.69) is 10.3 Å². The number of hydrogen-bond donors (Lipinski definition) is 2. The van der Waals surface area contributed by atoms with E-state index < -0.39 is 29.8 Å². The number of carbonyl (C=O) groups is 1. The van der Waals surface area contributed by atoms with Crippen LogP contribution in [0.2, 0.25) is 0 Å². The van der Waals surface area contributed by atoms with Gasteiger partial charge in [0.15, 0.2) is 0 Å². The van der Waals surface area contributed by atoms with Crippen LogP contribution >= 0.6 is 0 Å². The van der Waals surface area contributed by atoms with Crippen molar-refractivity contribution in [2.45, 2.75) is 18.6 Å². The van der Waals surface area contributed by atoms with Crippen molar-refractivity contribution in [3.05, 3.63) is 100 Å². The molecule has 0 aliphatic rings. The fourth-order valence-electron chi connectivity index (χ4n) is 3.87. The quantitative estimate of drug-likeness (QED) is 0.424. The minimum Gasteiger partial charge on any atom is -0.497 e. The molecular formula is C25H22F3N3O3. The van der Waals surface area contributed by atoms with Gasteiger partial charge < -0.3 is 19.6 Å². The molecule has 176 valence electrons. The molecular weight excluding hydrogens is 447 g/mol. The van der Waals surface area contributed by atoms with E-state index in [-0.39, 0.29) is 12.5 Å². The summed E-state index contributed by atoms with van der Waals surface area (Å²) in [5, 5.41) is 3.76. The summed E-state index contributed by atoms with van der Waals surface area (Å²) in [4.78, 5) is 27.8. The number of benzene rings is 2. The number of hydrogen-bond acceptors (Lipinski definition) is 3. The average Bonchev–Trinajstić information content (AvgIpc) is 3.24. The number of methoxy groups -OCH3 is 1. The largest absolute Gasteiger partial charge is 0.497 e. The van der Waals surface area contributed by atoms with Gasteiger partial charge in [-0.3, -0.25) is 9.59 Å². The molecule has 6 nitrogen and oxygen atoms in total. The molecule has 9 heteroatoms. The molecule has 0 radical (unpaired) electrons. The van der Waals surface area contributed by atoms with Gasteiger partial charge in [-0.2, -0.15) is 13.2 Å². The molecule has 0 aliphatic carbocycles. The van der Waals surface area contributed by atoms with Gasteiger partial charge in [0.05, 0.1) is 12.7 Å². The number of nitrogens with one attached hydrogen (secondary N) is 2. The zero-order valence-electron chi connectivity index (χ0n) is 18.2. The third-order valence-electron chi connectivity index (χ3n) is 5.64. The summed E-state index contributed by atoms with van der Waals surface area (Å²) in [7, 11) is 1.57. The SMILES string of the molecule is COc1ccc([C@H](CNC(=O)Cn2cc(C(F)(F)F)ccc2=O)c2c[nH]c3ccccc23)cc1. The van der Waals surface area contributed by atoms with Crippen LogP contribution in [0.5, 0.6) is 5.75 Å². The van der Waals surface area contributed by atoms with E-state index in [1.807, 2.05) is 54.7 Å². The standard InChI is InChI=1S/C25H22F3N3O3/c1-34-18-9-6-16(7-10-18)20(21-13-29-22-5-3-2-4-19(21)22)12-30-23(32)15-31-14-17(25(26,27)28)8-11-24(31)33/h2-11,13-14,20,29H,12,15H2,1H3,(H,30,32)/t20-/m0/s1. The normalized spacial score (nSPS) is 12.5. The smallest absolute Gasteiger partial charge is 0.417 e. The van der Waals surface area contributed by atoms with Crippen molar-refractivity contribution in [3.63, 3.8) is 0 Å². The number of aromatic amines is 1. The molecule has 0 aliphatic heterocycles. The van der Waals surface area contributed by atoms with E-state index in [0.29, 0.717) is 18.0 Å². The molecule has 0 fully saturated rings. The van der Waals surface area contributed by atoms with Crippen LogP contribution in [0.25, 0.3) is 10.9 Å². The number of nitrogens with zero attached hydrogens (tertiary/aromatic N) is 1. The number of alkyl halides is 3. The summed E-state index contributed by atoms with van der Waals surface area (Å²) >= 11 is 0. The molecule has 4 rings (SSSR count). The Morgan fingerprint density at radius 1 is 1.09 bits per heavy atom. The molecule has 0 saturated carbocycles. The number of aromatic nitrogens is 2. The second-order valence-corrected chi connectivity index (χ2v) is 7.80. The topological polar surface area (TPSA) is 76.1 Å².